The van der Waals surface area contributed by atoms with Crippen LogP contribution < -0.4 is 14.8 Å². The number of esters is 1. The second-order valence-corrected chi connectivity index (χ2v) is 5.48. The maximum Gasteiger partial charge on any atom is 0.340 e. The van der Waals surface area contributed by atoms with Gasteiger partial charge in [0, 0.05) is 23.0 Å². The Labute approximate surface area is 151 Å². The zero-order valence-electron chi connectivity index (χ0n) is 14.9. The molecule has 0 aliphatic carbocycles. The van der Waals surface area contributed by atoms with Crippen LogP contribution in [0.25, 0.3) is 10.8 Å². The summed E-state index contributed by atoms with van der Waals surface area (Å²) in [7, 11) is 3.19. The molecule has 0 bridgehead atoms. The highest BCUT2D eigenvalue weighted by molar-refractivity contribution is 6.07. The minimum atomic E-state index is -0.384. The van der Waals surface area contributed by atoms with Crippen molar-refractivity contribution in [2.24, 2.45) is 0 Å². The van der Waals surface area contributed by atoms with Crippen molar-refractivity contribution < 1.29 is 19.0 Å². The minimum Gasteiger partial charge on any atom is -0.497 e. The van der Waals surface area contributed by atoms with Crippen molar-refractivity contribution in [2.45, 2.75) is 6.92 Å². The fourth-order valence-electron chi connectivity index (χ4n) is 2.69. The highest BCUT2D eigenvalue weighted by Crippen LogP contribution is 2.33. The van der Waals surface area contributed by atoms with Crippen LogP contribution in [0.4, 0.5) is 11.5 Å². The van der Waals surface area contributed by atoms with E-state index in [1.54, 1.807) is 27.2 Å². The summed E-state index contributed by atoms with van der Waals surface area (Å²) in [6.07, 6.45) is 1.53. The molecule has 0 radical (unpaired) electrons. The molecule has 0 saturated carbocycles. The molecule has 0 atom stereocenters. The first-order chi connectivity index (χ1) is 12.7. The molecule has 1 heterocycles. The monoisotopic (exact) mass is 352 g/mol. The van der Waals surface area contributed by atoms with Gasteiger partial charge < -0.3 is 19.5 Å². The number of anilines is 2. The van der Waals surface area contributed by atoms with Gasteiger partial charge in [0.1, 0.15) is 17.3 Å². The van der Waals surface area contributed by atoms with Gasteiger partial charge in [-0.3, -0.25) is 0 Å². The van der Waals surface area contributed by atoms with E-state index in [2.05, 4.69) is 10.3 Å². The minimum absolute atomic E-state index is 0.316. The van der Waals surface area contributed by atoms with Gasteiger partial charge in [0.2, 0.25) is 0 Å². The molecule has 3 aromatic rings. The predicted octanol–water partition coefficient (Wildman–Crippen LogP) is 4.17. The van der Waals surface area contributed by atoms with Crippen molar-refractivity contribution >= 4 is 28.2 Å². The standard InChI is InChI=1S/C20H20N2O4/c1-4-26-20(23)16-12-21-19(15-8-6-5-7-14(15)16)22-17-10-9-13(24-2)11-18(17)25-3/h5-12H,4H2,1-3H3,(H,21,22). The smallest absolute Gasteiger partial charge is 0.340 e. The second kappa shape index (κ2) is 7.74. The van der Waals surface area contributed by atoms with E-state index in [1.807, 2.05) is 36.4 Å². The Morgan fingerprint density at radius 2 is 1.85 bits per heavy atom. The van der Waals surface area contributed by atoms with Gasteiger partial charge in [0.25, 0.3) is 0 Å². The zero-order chi connectivity index (χ0) is 18.5. The summed E-state index contributed by atoms with van der Waals surface area (Å²) in [6, 6.07) is 13.0. The summed E-state index contributed by atoms with van der Waals surface area (Å²) >= 11 is 0. The molecule has 3 rings (SSSR count). The number of nitrogens with zero attached hydrogens (tertiary/aromatic N) is 1. The Hall–Kier alpha value is -3.28. The Bertz CT molecular complexity index is 940. The Morgan fingerprint density at radius 3 is 2.54 bits per heavy atom. The number of hydrogen-bond donors (Lipinski definition) is 1. The number of ether oxygens (including phenoxy) is 3. The normalized spacial score (nSPS) is 10.4. The van der Waals surface area contributed by atoms with E-state index in [-0.39, 0.29) is 5.97 Å². The summed E-state index contributed by atoms with van der Waals surface area (Å²) < 4.78 is 15.8. The van der Waals surface area contributed by atoms with E-state index >= 15 is 0 Å². The molecule has 0 unspecified atom stereocenters. The van der Waals surface area contributed by atoms with Crippen LogP contribution in [0.15, 0.2) is 48.7 Å². The SMILES string of the molecule is CCOC(=O)c1cnc(Nc2ccc(OC)cc2OC)c2ccccc12. The maximum absolute atomic E-state index is 12.2. The average Bonchev–Trinajstić information content (AvgIpc) is 2.68. The topological polar surface area (TPSA) is 69.7 Å². The number of fused-ring (bicyclic) bond motifs is 1. The molecule has 1 N–H and O–H groups in total. The van der Waals surface area contributed by atoms with Crippen LogP contribution in [0.1, 0.15) is 17.3 Å². The van der Waals surface area contributed by atoms with Gasteiger partial charge in [-0.15, -0.1) is 0 Å². The van der Waals surface area contributed by atoms with Crippen LogP contribution >= 0.6 is 0 Å². The third kappa shape index (κ3) is 3.39. The molecule has 0 aliphatic heterocycles. The zero-order valence-corrected chi connectivity index (χ0v) is 14.9. The van der Waals surface area contributed by atoms with Crippen LogP contribution in [-0.2, 0) is 4.74 Å². The summed E-state index contributed by atoms with van der Waals surface area (Å²) in [5.41, 5.74) is 1.18. The summed E-state index contributed by atoms with van der Waals surface area (Å²) in [6.45, 7) is 2.09. The third-order valence-corrected chi connectivity index (χ3v) is 3.95. The van der Waals surface area contributed by atoms with Gasteiger partial charge in [-0.1, -0.05) is 24.3 Å². The van der Waals surface area contributed by atoms with Crippen LogP contribution in [0.3, 0.4) is 0 Å². The van der Waals surface area contributed by atoms with E-state index in [4.69, 9.17) is 14.2 Å². The molecule has 1 aromatic heterocycles. The summed E-state index contributed by atoms with van der Waals surface area (Å²) in [4.78, 5) is 16.6. The first kappa shape index (κ1) is 17.5. The lowest BCUT2D eigenvalue weighted by molar-refractivity contribution is 0.0528. The van der Waals surface area contributed by atoms with Gasteiger partial charge in [-0.05, 0) is 19.1 Å². The Kier molecular flexibility index (Phi) is 5.22. The number of benzene rings is 2. The van der Waals surface area contributed by atoms with Crippen molar-refractivity contribution in [3.05, 3.63) is 54.2 Å². The van der Waals surface area contributed by atoms with Crippen molar-refractivity contribution in [1.82, 2.24) is 4.98 Å². The van der Waals surface area contributed by atoms with Gasteiger partial charge in [-0.2, -0.15) is 0 Å². The quantitative estimate of drug-likeness (QED) is 0.672. The average molecular weight is 352 g/mol. The molecule has 2 aromatic carbocycles. The van der Waals surface area contributed by atoms with Crippen LogP contribution in [0, 0.1) is 0 Å². The molecular weight excluding hydrogens is 332 g/mol. The maximum atomic E-state index is 12.2. The van der Waals surface area contributed by atoms with Crippen LogP contribution in [0.2, 0.25) is 0 Å². The fraction of sp³-hybridized carbons (Fsp3) is 0.200. The first-order valence-electron chi connectivity index (χ1n) is 8.21. The number of aromatic nitrogens is 1. The lowest BCUT2D eigenvalue weighted by atomic mass is 10.1. The Morgan fingerprint density at radius 1 is 1.08 bits per heavy atom. The van der Waals surface area contributed by atoms with E-state index in [1.165, 1.54) is 6.20 Å². The molecule has 0 fully saturated rings. The van der Waals surface area contributed by atoms with Crippen molar-refractivity contribution in [1.29, 1.82) is 0 Å². The fourth-order valence-corrected chi connectivity index (χ4v) is 2.69. The predicted molar refractivity (Wildman–Crippen MR) is 101 cm³/mol. The number of carbonyl (C=O) groups is 1. The van der Waals surface area contributed by atoms with E-state index in [9.17, 15) is 4.79 Å². The number of pyridine rings is 1. The molecule has 0 saturated heterocycles. The molecule has 134 valence electrons. The number of methoxy groups -OCH3 is 2. The highest BCUT2D eigenvalue weighted by Gasteiger charge is 2.15. The Balaban J connectivity index is 2.05. The van der Waals surface area contributed by atoms with Gasteiger partial charge in [-0.25, -0.2) is 9.78 Å². The molecule has 0 amide bonds. The van der Waals surface area contributed by atoms with E-state index < -0.39 is 0 Å². The number of hydrogen-bond acceptors (Lipinski definition) is 6. The number of carbonyl (C=O) groups excluding carboxylic acids is 1. The first-order valence-corrected chi connectivity index (χ1v) is 8.21. The largest absolute Gasteiger partial charge is 0.497 e. The van der Waals surface area contributed by atoms with Gasteiger partial charge >= 0.3 is 5.97 Å². The molecule has 26 heavy (non-hydrogen) atoms. The van der Waals surface area contributed by atoms with Gasteiger partial charge in [0.05, 0.1) is 32.1 Å². The second-order valence-electron chi connectivity index (χ2n) is 5.48. The lowest BCUT2D eigenvalue weighted by Gasteiger charge is -2.14. The lowest BCUT2D eigenvalue weighted by Crippen LogP contribution is -2.07. The molecule has 0 aliphatic rings. The van der Waals surface area contributed by atoms with Gasteiger partial charge in [0.15, 0.2) is 0 Å². The molecule has 0 spiro atoms. The van der Waals surface area contributed by atoms with Crippen molar-refractivity contribution in [3.63, 3.8) is 0 Å². The van der Waals surface area contributed by atoms with Crippen molar-refractivity contribution in [3.8, 4) is 11.5 Å². The van der Waals surface area contributed by atoms with E-state index in [0.29, 0.717) is 29.5 Å². The van der Waals surface area contributed by atoms with E-state index in [0.717, 1.165) is 16.5 Å². The van der Waals surface area contributed by atoms with Crippen LogP contribution in [0.5, 0.6) is 11.5 Å². The highest BCUT2D eigenvalue weighted by atomic mass is 16.5. The van der Waals surface area contributed by atoms with Crippen LogP contribution in [-0.4, -0.2) is 31.8 Å². The molecule has 6 nitrogen and oxygen atoms in total. The molecular formula is C20H20N2O4. The summed E-state index contributed by atoms with van der Waals surface area (Å²) in [5, 5.41) is 4.86. The number of rotatable bonds is 6. The summed E-state index contributed by atoms with van der Waals surface area (Å²) in [5.74, 6) is 1.56. The number of nitrogens with one attached hydrogen (secondary N) is 1. The molecule has 6 heteroatoms. The third-order valence-electron chi connectivity index (χ3n) is 3.95. The van der Waals surface area contributed by atoms with Crippen molar-refractivity contribution in [2.75, 3.05) is 26.1 Å².